The molecule has 3 aromatic rings. The van der Waals surface area contributed by atoms with Crippen molar-refractivity contribution in [3.05, 3.63) is 81.9 Å². The van der Waals surface area contributed by atoms with Gasteiger partial charge in [-0.1, -0.05) is 18.2 Å². The molecule has 0 aliphatic carbocycles. The molecule has 0 saturated carbocycles. The standard InChI is InChI=1S/C24H25FN4O2/c1-16-8-9-17(2)21(13-16)26-24(31)18-5-4-12-28(15-18)22-10-11-23(30)29(27-22)20-7-3-6-19(25)14-20/h3,6-11,13-14,18H,4-5,12,15H2,1-2H3,(H,26,31)/t18-/m0/s1. The first-order valence-electron chi connectivity index (χ1n) is 10.4. The fourth-order valence-corrected chi connectivity index (χ4v) is 3.87. The molecular formula is C24H25FN4O2. The lowest BCUT2D eigenvalue weighted by atomic mass is 9.96. The van der Waals surface area contributed by atoms with Crippen molar-refractivity contribution < 1.29 is 9.18 Å². The topological polar surface area (TPSA) is 67.2 Å². The molecule has 0 bridgehead atoms. The van der Waals surface area contributed by atoms with Gasteiger partial charge in [0.1, 0.15) is 11.6 Å². The van der Waals surface area contributed by atoms with Gasteiger partial charge in [-0.05, 0) is 68.1 Å². The lowest BCUT2D eigenvalue weighted by Gasteiger charge is -2.33. The van der Waals surface area contributed by atoms with Crippen LogP contribution in [-0.2, 0) is 4.79 Å². The zero-order valence-electron chi connectivity index (χ0n) is 17.6. The number of hydrogen-bond donors (Lipinski definition) is 1. The molecule has 1 amide bonds. The molecule has 1 fully saturated rings. The third kappa shape index (κ3) is 4.66. The number of rotatable bonds is 4. The molecule has 2 aromatic carbocycles. The van der Waals surface area contributed by atoms with Crippen LogP contribution in [-0.4, -0.2) is 28.8 Å². The quantitative estimate of drug-likeness (QED) is 0.696. The number of anilines is 2. The molecule has 0 spiro atoms. The Kier molecular flexibility index (Phi) is 5.84. The molecule has 1 N–H and O–H groups in total. The van der Waals surface area contributed by atoms with E-state index < -0.39 is 5.82 Å². The highest BCUT2D eigenvalue weighted by Crippen LogP contribution is 2.24. The van der Waals surface area contributed by atoms with Crippen LogP contribution in [0, 0.1) is 25.6 Å². The maximum Gasteiger partial charge on any atom is 0.271 e. The summed E-state index contributed by atoms with van der Waals surface area (Å²) in [6.07, 6.45) is 1.63. The Morgan fingerprint density at radius 1 is 1.13 bits per heavy atom. The summed E-state index contributed by atoms with van der Waals surface area (Å²) in [7, 11) is 0. The maximum absolute atomic E-state index is 13.6. The highest BCUT2D eigenvalue weighted by molar-refractivity contribution is 5.93. The number of halogens is 1. The Morgan fingerprint density at radius 2 is 1.97 bits per heavy atom. The van der Waals surface area contributed by atoms with E-state index in [9.17, 15) is 14.0 Å². The van der Waals surface area contributed by atoms with Crippen molar-refractivity contribution in [2.24, 2.45) is 5.92 Å². The molecule has 7 heteroatoms. The number of aryl methyl sites for hydroxylation is 2. The molecule has 1 aliphatic heterocycles. The van der Waals surface area contributed by atoms with Gasteiger partial charge in [0.15, 0.2) is 0 Å². The summed E-state index contributed by atoms with van der Waals surface area (Å²) >= 11 is 0. The van der Waals surface area contributed by atoms with Crippen LogP contribution in [0.5, 0.6) is 0 Å². The molecule has 1 aromatic heterocycles. The molecule has 4 rings (SSSR count). The molecule has 1 aliphatic rings. The zero-order valence-corrected chi connectivity index (χ0v) is 17.6. The summed E-state index contributed by atoms with van der Waals surface area (Å²) in [4.78, 5) is 27.2. The minimum atomic E-state index is -0.433. The van der Waals surface area contributed by atoms with E-state index in [1.807, 2.05) is 36.9 Å². The van der Waals surface area contributed by atoms with Crippen LogP contribution in [0.2, 0.25) is 0 Å². The average molecular weight is 420 g/mol. The van der Waals surface area contributed by atoms with E-state index in [1.165, 1.54) is 22.9 Å². The fourth-order valence-electron chi connectivity index (χ4n) is 3.87. The summed E-state index contributed by atoms with van der Waals surface area (Å²) in [6.45, 7) is 5.21. The van der Waals surface area contributed by atoms with E-state index >= 15 is 0 Å². The van der Waals surface area contributed by atoms with Crippen molar-refractivity contribution in [2.75, 3.05) is 23.3 Å². The smallest absolute Gasteiger partial charge is 0.271 e. The van der Waals surface area contributed by atoms with Gasteiger partial charge in [0.2, 0.25) is 5.91 Å². The highest BCUT2D eigenvalue weighted by Gasteiger charge is 2.27. The van der Waals surface area contributed by atoms with Crippen molar-refractivity contribution in [1.29, 1.82) is 0 Å². The second-order valence-corrected chi connectivity index (χ2v) is 8.01. The van der Waals surface area contributed by atoms with Gasteiger partial charge in [0.25, 0.3) is 5.56 Å². The number of nitrogens with zero attached hydrogens (tertiary/aromatic N) is 3. The summed E-state index contributed by atoms with van der Waals surface area (Å²) in [5.41, 5.74) is 2.98. The van der Waals surface area contributed by atoms with Crippen LogP contribution >= 0.6 is 0 Å². The summed E-state index contributed by atoms with van der Waals surface area (Å²) < 4.78 is 14.8. The van der Waals surface area contributed by atoms with Gasteiger partial charge in [-0.25, -0.2) is 4.39 Å². The van der Waals surface area contributed by atoms with Gasteiger partial charge in [-0.2, -0.15) is 4.68 Å². The van der Waals surface area contributed by atoms with Crippen molar-refractivity contribution in [2.45, 2.75) is 26.7 Å². The third-order valence-electron chi connectivity index (χ3n) is 5.61. The van der Waals surface area contributed by atoms with E-state index in [1.54, 1.807) is 18.2 Å². The van der Waals surface area contributed by atoms with Gasteiger partial charge >= 0.3 is 0 Å². The maximum atomic E-state index is 13.6. The molecule has 0 unspecified atom stereocenters. The first kappa shape index (κ1) is 20.8. The molecule has 1 saturated heterocycles. The lowest BCUT2D eigenvalue weighted by molar-refractivity contribution is -0.120. The predicted octanol–water partition coefficient (Wildman–Crippen LogP) is 3.84. The minimum Gasteiger partial charge on any atom is -0.354 e. The molecule has 1 atom stereocenters. The monoisotopic (exact) mass is 420 g/mol. The van der Waals surface area contributed by atoms with Gasteiger partial charge < -0.3 is 10.2 Å². The molecule has 2 heterocycles. The van der Waals surface area contributed by atoms with Crippen LogP contribution in [0.1, 0.15) is 24.0 Å². The zero-order chi connectivity index (χ0) is 22.0. The van der Waals surface area contributed by atoms with Crippen LogP contribution in [0.25, 0.3) is 5.69 Å². The second-order valence-electron chi connectivity index (χ2n) is 8.01. The van der Waals surface area contributed by atoms with E-state index in [0.717, 1.165) is 36.2 Å². The van der Waals surface area contributed by atoms with Crippen molar-refractivity contribution in [3.8, 4) is 5.69 Å². The summed E-state index contributed by atoms with van der Waals surface area (Å²) in [5, 5.41) is 7.50. The van der Waals surface area contributed by atoms with E-state index in [4.69, 9.17) is 0 Å². The van der Waals surface area contributed by atoms with Crippen LogP contribution in [0.4, 0.5) is 15.9 Å². The number of amides is 1. The number of carbonyl (C=O) groups is 1. The van der Waals surface area contributed by atoms with Gasteiger partial charge in [0, 0.05) is 24.8 Å². The fraction of sp³-hybridized carbons (Fsp3) is 0.292. The van der Waals surface area contributed by atoms with Crippen molar-refractivity contribution in [3.63, 3.8) is 0 Å². The van der Waals surface area contributed by atoms with Crippen LogP contribution in [0.3, 0.4) is 0 Å². The van der Waals surface area contributed by atoms with E-state index in [0.29, 0.717) is 18.1 Å². The first-order valence-corrected chi connectivity index (χ1v) is 10.4. The number of hydrogen-bond acceptors (Lipinski definition) is 4. The van der Waals surface area contributed by atoms with Crippen LogP contribution in [0.15, 0.2) is 59.4 Å². The Hall–Kier alpha value is -3.48. The normalized spacial score (nSPS) is 16.2. The Labute approximate surface area is 180 Å². The van der Waals surface area contributed by atoms with Crippen molar-refractivity contribution >= 4 is 17.4 Å². The average Bonchev–Trinajstić information content (AvgIpc) is 2.76. The molecule has 0 radical (unpaired) electrons. The Morgan fingerprint density at radius 3 is 2.77 bits per heavy atom. The highest BCUT2D eigenvalue weighted by atomic mass is 19.1. The van der Waals surface area contributed by atoms with Gasteiger partial charge in [0.05, 0.1) is 11.6 Å². The number of benzene rings is 2. The number of aromatic nitrogens is 2. The largest absolute Gasteiger partial charge is 0.354 e. The Bertz CT molecular complexity index is 1170. The molecule has 160 valence electrons. The SMILES string of the molecule is Cc1ccc(C)c(NC(=O)[C@H]2CCCN(c3ccc(=O)n(-c4cccc(F)c4)n3)C2)c1. The minimum absolute atomic E-state index is 0.0168. The third-order valence-corrected chi connectivity index (χ3v) is 5.61. The first-order chi connectivity index (χ1) is 14.9. The van der Waals surface area contributed by atoms with Crippen LogP contribution < -0.4 is 15.8 Å². The summed E-state index contributed by atoms with van der Waals surface area (Å²) in [6, 6.07) is 14.8. The Balaban J connectivity index is 1.53. The predicted molar refractivity (Wildman–Crippen MR) is 119 cm³/mol. The summed E-state index contributed by atoms with van der Waals surface area (Å²) in [5.74, 6) is -0.0484. The van der Waals surface area contributed by atoms with E-state index in [2.05, 4.69) is 10.4 Å². The van der Waals surface area contributed by atoms with Gasteiger partial charge in [-0.3, -0.25) is 9.59 Å². The number of carbonyl (C=O) groups excluding carboxylic acids is 1. The van der Waals surface area contributed by atoms with E-state index in [-0.39, 0.29) is 17.4 Å². The lowest BCUT2D eigenvalue weighted by Crippen LogP contribution is -2.41. The molecule has 6 nitrogen and oxygen atoms in total. The van der Waals surface area contributed by atoms with Gasteiger partial charge in [-0.15, -0.1) is 5.10 Å². The van der Waals surface area contributed by atoms with Crippen molar-refractivity contribution in [1.82, 2.24) is 9.78 Å². The molecular weight excluding hydrogens is 395 g/mol. The second kappa shape index (κ2) is 8.71. The number of piperidine rings is 1. The molecule has 31 heavy (non-hydrogen) atoms. The number of nitrogens with one attached hydrogen (secondary N) is 1.